The fourth-order valence-electron chi connectivity index (χ4n) is 2.27. The topological polar surface area (TPSA) is 149 Å². The second kappa shape index (κ2) is 13.1. The molecule has 0 unspecified atom stereocenters. The minimum atomic E-state index is -0.914. The molecule has 0 aliphatic carbocycles. The van der Waals surface area contributed by atoms with Gasteiger partial charge in [0.05, 0.1) is 30.6 Å². The molecule has 0 aliphatic rings. The summed E-state index contributed by atoms with van der Waals surface area (Å²) in [7, 11) is 1.20. The van der Waals surface area contributed by atoms with Gasteiger partial charge in [-0.2, -0.15) is 0 Å². The molecule has 0 spiro atoms. The monoisotopic (exact) mass is 484 g/mol. The third-order valence-electron chi connectivity index (χ3n) is 3.96. The summed E-state index contributed by atoms with van der Waals surface area (Å²) < 4.78 is 28.1. The van der Waals surface area contributed by atoms with Gasteiger partial charge in [0.2, 0.25) is 5.82 Å². The van der Waals surface area contributed by atoms with Crippen molar-refractivity contribution in [1.29, 1.82) is 0 Å². The van der Waals surface area contributed by atoms with Gasteiger partial charge >= 0.3 is 5.97 Å². The SMILES string of the molecule is COC(=O)c1ncc(OCC(=O)NCC[C@H](O)CNC(=O)COc2ccc(Cl)c(F)c2)cn1. The van der Waals surface area contributed by atoms with Gasteiger partial charge in [0, 0.05) is 19.2 Å². The molecule has 33 heavy (non-hydrogen) atoms. The van der Waals surface area contributed by atoms with Crippen LogP contribution in [0, 0.1) is 5.82 Å². The molecule has 2 aromatic rings. The van der Waals surface area contributed by atoms with Crippen molar-refractivity contribution in [3.8, 4) is 11.5 Å². The molecule has 1 aromatic heterocycles. The Hall–Kier alpha value is -3.51. The summed E-state index contributed by atoms with van der Waals surface area (Å²) in [6, 6.07) is 3.79. The molecule has 0 aliphatic heterocycles. The summed E-state index contributed by atoms with van der Waals surface area (Å²) in [4.78, 5) is 42.3. The first-order valence-electron chi connectivity index (χ1n) is 9.61. The van der Waals surface area contributed by atoms with Crippen molar-refractivity contribution in [1.82, 2.24) is 20.6 Å². The van der Waals surface area contributed by atoms with Crippen molar-refractivity contribution in [3.05, 3.63) is 47.3 Å². The van der Waals surface area contributed by atoms with Crippen LogP contribution < -0.4 is 20.1 Å². The lowest BCUT2D eigenvalue weighted by Gasteiger charge is -2.13. The molecule has 0 bridgehead atoms. The largest absolute Gasteiger partial charge is 0.484 e. The van der Waals surface area contributed by atoms with E-state index in [1.54, 1.807) is 0 Å². The number of carbonyl (C=O) groups is 3. The van der Waals surface area contributed by atoms with E-state index in [1.165, 1.54) is 31.6 Å². The summed E-state index contributed by atoms with van der Waals surface area (Å²) in [6.07, 6.45) is 1.71. The standard InChI is InChI=1S/C20H22ClFN4O7/c1-31-20(30)19-25-8-14(9-26-19)33-10-17(28)23-5-4-12(27)7-24-18(29)11-32-13-2-3-15(21)16(22)6-13/h2-3,6,8-9,12,27H,4-5,7,10-11H2,1H3,(H,23,28)(H,24,29)/t12-/m0/s1. The number of aliphatic hydroxyl groups is 1. The lowest BCUT2D eigenvalue weighted by Crippen LogP contribution is -2.37. The number of ether oxygens (including phenoxy) is 3. The predicted molar refractivity (Wildman–Crippen MR) is 112 cm³/mol. The molecule has 0 saturated carbocycles. The first kappa shape index (κ1) is 25.7. The number of nitrogens with one attached hydrogen (secondary N) is 2. The van der Waals surface area contributed by atoms with Crippen LogP contribution in [0.25, 0.3) is 0 Å². The maximum absolute atomic E-state index is 13.3. The van der Waals surface area contributed by atoms with Gasteiger partial charge in [0.25, 0.3) is 11.8 Å². The minimum Gasteiger partial charge on any atom is -0.484 e. The van der Waals surface area contributed by atoms with Crippen LogP contribution in [0.3, 0.4) is 0 Å². The lowest BCUT2D eigenvalue weighted by molar-refractivity contribution is -0.124. The molecule has 0 radical (unpaired) electrons. The van der Waals surface area contributed by atoms with Crippen LogP contribution in [0.2, 0.25) is 5.02 Å². The van der Waals surface area contributed by atoms with E-state index in [0.29, 0.717) is 0 Å². The number of amides is 2. The summed E-state index contributed by atoms with van der Waals surface area (Å²) in [5.74, 6) is -2.14. The van der Waals surface area contributed by atoms with Crippen molar-refractivity contribution >= 4 is 29.4 Å². The Labute approximate surface area is 193 Å². The highest BCUT2D eigenvalue weighted by Gasteiger charge is 2.11. The van der Waals surface area contributed by atoms with Crippen LogP contribution in [-0.4, -0.2) is 72.4 Å². The zero-order chi connectivity index (χ0) is 24.2. The molecule has 3 N–H and O–H groups in total. The Morgan fingerprint density at radius 3 is 2.36 bits per heavy atom. The van der Waals surface area contributed by atoms with Gasteiger partial charge in [-0.15, -0.1) is 0 Å². The van der Waals surface area contributed by atoms with E-state index < -0.39 is 29.7 Å². The summed E-state index contributed by atoms with van der Waals surface area (Å²) >= 11 is 5.56. The van der Waals surface area contributed by atoms with Crippen molar-refractivity contribution in [3.63, 3.8) is 0 Å². The Morgan fingerprint density at radius 1 is 1.09 bits per heavy atom. The van der Waals surface area contributed by atoms with E-state index in [2.05, 4.69) is 25.3 Å². The Morgan fingerprint density at radius 2 is 1.73 bits per heavy atom. The van der Waals surface area contributed by atoms with Crippen LogP contribution >= 0.6 is 11.6 Å². The van der Waals surface area contributed by atoms with Gasteiger partial charge < -0.3 is 30.0 Å². The highest BCUT2D eigenvalue weighted by Crippen LogP contribution is 2.20. The molecule has 1 atom stereocenters. The van der Waals surface area contributed by atoms with Gasteiger partial charge in [-0.3, -0.25) is 9.59 Å². The Kier molecular flexibility index (Phi) is 10.2. The molecule has 2 amide bonds. The molecule has 2 rings (SSSR count). The number of halogens is 2. The lowest BCUT2D eigenvalue weighted by atomic mass is 10.2. The van der Waals surface area contributed by atoms with Gasteiger partial charge in [-0.25, -0.2) is 19.2 Å². The molecule has 0 saturated heterocycles. The quantitative estimate of drug-likeness (QED) is 0.366. The number of hydrogen-bond donors (Lipinski definition) is 3. The maximum Gasteiger partial charge on any atom is 0.376 e. The van der Waals surface area contributed by atoms with E-state index in [0.717, 1.165) is 6.07 Å². The zero-order valence-electron chi connectivity index (χ0n) is 17.5. The van der Waals surface area contributed by atoms with Crippen LogP contribution in [0.1, 0.15) is 17.0 Å². The summed E-state index contributed by atoms with van der Waals surface area (Å²) in [6.45, 7) is -0.617. The van der Waals surface area contributed by atoms with Crippen molar-refractivity contribution in [2.75, 3.05) is 33.4 Å². The van der Waals surface area contributed by atoms with E-state index >= 15 is 0 Å². The maximum atomic E-state index is 13.3. The van der Waals surface area contributed by atoms with Gasteiger partial charge in [0.15, 0.2) is 19.0 Å². The van der Waals surface area contributed by atoms with Crippen LogP contribution in [0.4, 0.5) is 4.39 Å². The molecule has 1 aromatic carbocycles. The number of methoxy groups -OCH3 is 1. The highest BCUT2D eigenvalue weighted by molar-refractivity contribution is 6.30. The second-order valence-electron chi connectivity index (χ2n) is 6.48. The number of carbonyl (C=O) groups excluding carboxylic acids is 3. The first-order chi connectivity index (χ1) is 15.8. The fourth-order valence-corrected chi connectivity index (χ4v) is 2.38. The Bertz CT molecular complexity index is 962. The third-order valence-corrected chi connectivity index (χ3v) is 4.27. The van der Waals surface area contributed by atoms with Gasteiger partial charge in [-0.05, 0) is 18.6 Å². The number of hydrogen-bond acceptors (Lipinski definition) is 9. The van der Waals surface area contributed by atoms with Crippen molar-refractivity contribution in [2.45, 2.75) is 12.5 Å². The minimum absolute atomic E-state index is 0.0584. The van der Waals surface area contributed by atoms with E-state index in [1.807, 2.05) is 0 Å². The summed E-state index contributed by atoms with van der Waals surface area (Å²) in [5.41, 5.74) is 0. The number of aromatic nitrogens is 2. The van der Waals surface area contributed by atoms with Crippen molar-refractivity contribution < 1.29 is 38.1 Å². The number of esters is 1. The summed E-state index contributed by atoms with van der Waals surface area (Å²) in [5, 5.41) is 14.9. The van der Waals surface area contributed by atoms with Gasteiger partial charge in [-0.1, -0.05) is 11.6 Å². The molecular formula is C20H22ClFN4O7. The third kappa shape index (κ3) is 9.25. The molecule has 0 fully saturated rings. The van der Waals surface area contributed by atoms with Crippen LogP contribution in [0.5, 0.6) is 11.5 Å². The molecule has 178 valence electrons. The smallest absolute Gasteiger partial charge is 0.376 e. The average molecular weight is 485 g/mol. The van der Waals surface area contributed by atoms with Crippen LogP contribution in [-0.2, 0) is 14.3 Å². The average Bonchev–Trinajstić information content (AvgIpc) is 2.82. The molecule has 11 nitrogen and oxygen atoms in total. The van der Waals surface area contributed by atoms with E-state index in [-0.39, 0.29) is 55.1 Å². The number of aliphatic hydroxyl groups excluding tert-OH is 1. The number of nitrogens with zero attached hydrogens (tertiary/aromatic N) is 2. The normalized spacial score (nSPS) is 11.3. The fraction of sp³-hybridized carbons (Fsp3) is 0.350. The molecule has 1 heterocycles. The van der Waals surface area contributed by atoms with E-state index in [9.17, 15) is 23.9 Å². The molecule has 13 heteroatoms. The predicted octanol–water partition coefficient (Wildman–Crippen LogP) is 0.497. The first-order valence-corrected chi connectivity index (χ1v) is 9.98. The number of rotatable bonds is 12. The molecular weight excluding hydrogens is 463 g/mol. The number of benzene rings is 1. The van der Waals surface area contributed by atoms with Crippen molar-refractivity contribution in [2.24, 2.45) is 0 Å². The highest BCUT2D eigenvalue weighted by atomic mass is 35.5. The van der Waals surface area contributed by atoms with E-state index in [4.69, 9.17) is 21.1 Å². The second-order valence-corrected chi connectivity index (χ2v) is 6.89. The van der Waals surface area contributed by atoms with Gasteiger partial charge in [0.1, 0.15) is 11.6 Å². The Balaban J connectivity index is 1.57. The zero-order valence-corrected chi connectivity index (χ0v) is 18.3. The van der Waals surface area contributed by atoms with Crippen LogP contribution in [0.15, 0.2) is 30.6 Å².